The summed E-state index contributed by atoms with van der Waals surface area (Å²) in [5, 5.41) is 6.08. The van der Waals surface area contributed by atoms with Crippen LogP contribution in [0.3, 0.4) is 0 Å². The van der Waals surface area contributed by atoms with Crippen LogP contribution in [-0.2, 0) is 6.54 Å². The molecular weight excluding hydrogens is 324 g/mol. The molecule has 2 aromatic carbocycles. The zero-order chi connectivity index (χ0) is 15.2. The van der Waals surface area contributed by atoms with Crippen molar-refractivity contribution in [3.8, 4) is 0 Å². The van der Waals surface area contributed by atoms with Crippen LogP contribution >= 0.6 is 15.9 Å². The molecule has 1 N–H and O–H groups in total. The number of benzene rings is 2. The van der Waals surface area contributed by atoms with Gasteiger partial charge < -0.3 is 10.2 Å². The molecule has 0 aliphatic heterocycles. The van der Waals surface area contributed by atoms with Gasteiger partial charge in [-0.3, -0.25) is 0 Å². The number of fused-ring (bicyclic) bond motifs is 1. The Morgan fingerprint density at radius 3 is 2.57 bits per heavy atom. The Balaban J connectivity index is 1.88. The van der Waals surface area contributed by atoms with Gasteiger partial charge in [0, 0.05) is 24.1 Å². The fourth-order valence-electron chi connectivity index (χ4n) is 2.42. The molecule has 2 rings (SSSR count). The Morgan fingerprint density at radius 1 is 1.10 bits per heavy atom. The average molecular weight is 349 g/mol. The van der Waals surface area contributed by atoms with E-state index in [0.717, 1.165) is 36.6 Å². The Bertz CT molecular complexity index is 580. The monoisotopic (exact) mass is 348 g/mol. The number of rotatable bonds is 7. The van der Waals surface area contributed by atoms with Crippen LogP contribution in [0.5, 0.6) is 0 Å². The summed E-state index contributed by atoms with van der Waals surface area (Å²) in [6, 6.07) is 13.2. The van der Waals surface area contributed by atoms with E-state index in [1.165, 1.54) is 16.3 Å². The van der Waals surface area contributed by atoms with Crippen LogP contribution in [0.4, 0.5) is 0 Å². The molecule has 0 radical (unpaired) electrons. The average Bonchev–Trinajstić information content (AvgIpc) is 2.43. The van der Waals surface area contributed by atoms with Crippen LogP contribution in [0, 0.1) is 5.92 Å². The van der Waals surface area contributed by atoms with E-state index in [-0.39, 0.29) is 0 Å². The molecule has 0 heterocycles. The fraction of sp³-hybridized carbons (Fsp3) is 0.444. The number of hydrogen-bond acceptors (Lipinski definition) is 2. The van der Waals surface area contributed by atoms with Crippen molar-refractivity contribution in [2.24, 2.45) is 5.92 Å². The summed E-state index contributed by atoms with van der Waals surface area (Å²) in [7, 11) is 2.18. The van der Waals surface area contributed by atoms with Gasteiger partial charge in [-0.05, 0) is 54.0 Å². The van der Waals surface area contributed by atoms with E-state index in [0.29, 0.717) is 0 Å². The third-order valence-corrected chi connectivity index (χ3v) is 4.04. The molecule has 0 saturated carbocycles. The largest absolute Gasteiger partial charge is 0.315 e. The lowest BCUT2D eigenvalue weighted by Crippen LogP contribution is -2.30. The SMILES string of the molecule is CC(C)CNCCN(C)Cc1ccc2cc(Br)ccc2c1. The highest BCUT2D eigenvalue weighted by molar-refractivity contribution is 9.10. The van der Waals surface area contributed by atoms with Gasteiger partial charge in [0.2, 0.25) is 0 Å². The van der Waals surface area contributed by atoms with Crippen LogP contribution in [0.1, 0.15) is 19.4 Å². The highest BCUT2D eigenvalue weighted by Gasteiger charge is 2.02. The first-order valence-corrected chi connectivity index (χ1v) is 8.41. The van der Waals surface area contributed by atoms with E-state index < -0.39 is 0 Å². The van der Waals surface area contributed by atoms with Gasteiger partial charge in [-0.1, -0.05) is 48.0 Å². The lowest BCUT2D eigenvalue weighted by Gasteiger charge is -2.18. The van der Waals surface area contributed by atoms with Crippen molar-refractivity contribution in [2.75, 3.05) is 26.7 Å². The van der Waals surface area contributed by atoms with Gasteiger partial charge in [-0.25, -0.2) is 0 Å². The number of hydrogen-bond donors (Lipinski definition) is 1. The molecule has 0 aromatic heterocycles. The summed E-state index contributed by atoms with van der Waals surface area (Å²) in [6.45, 7) is 8.70. The summed E-state index contributed by atoms with van der Waals surface area (Å²) < 4.78 is 1.14. The zero-order valence-corrected chi connectivity index (χ0v) is 14.8. The molecule has 0 spiro atoms. The lowest BCUT2D eigenvalue weighted by atomic mass is 10.1. The van der Waals surface area contributed by atoms with Crippen molar-refractivity contribution >= 4 is 26.7 Å². The molecule has 0 saturated heterocycles. The van der Waals surface area contributed by atoms with E-state index in [1.807, 2.05) is 0 Å². The normalized spacial score (nSPS) is 11.7. The standard InChI is InChI=1S/C18H25BrN2/c1-14(2)12-20-8-9-21(3)13-15-4-5-17-11-18(19)7-6-16(17)10-15/h4-7,10-11,14,20H,8-9,12-13H2,1-3H3. The van der Waals surface area contributed by atoms with Crippen LogP contribution in [0.25, 0.3) is 10.8 Å². The van der Waals surface area contributed by atoms with E-state index in [4.69, 9.17) is 0 Å². The van der Waals surface area contributed by atoms with Gasteiger partial charge in [0.1, 0.15) is 0 Å². The van der Waals surface area contributed by atoms with Crippen LogP contribution < -0.4 is 5.32 Å². The molecule has 21 heavy (non-hydrogen) atoms. The van der Waals surface area contributed by atoms with Gasteiger partial charge in [0.25, 0.3) is 0 Å². The van der Waals surface area contributed by atoms with Gasteiger partial charge in [-0.15, -0.1) is 0 Å². The van der Waals surface area contributed by atoms with Crippen LogP contribution in [0.15, 0.2) is 40.9 Å². The number of halogens is 1. The van der Waals surface area contributed by atoms with E-state index in [9.17, 15) is 0 Å². The molecule has 2 aromatic rings. The first kappa shape index (κ1) is 16.5. The van der Waals surface area contributed by atoms with Crippen molar-refractivity contribution in [2.45, 2.75) is 20.4 Å². The van der Waals surface area contributed by atoms with E-state index >= 15 is 0 Å². The minimum atomic E-state index is 0.718. The first-order chi connectivity index (χ1) is 10.0. The topological polar surface area (TPSA) is 15.3 Å². The lowest BCUT2D eigenvalue weighted by molar-refractivity contribution is 0.322. The minimum absolute atomic E-state index is 0.718. The molecule has 0 fully saturated rings. The molecule has 0 amide bonds. The highest BCUT2D eigenvalue weighted by Crippen LogP contribution is 2.21. The van der Waals surface area contributed by atoms with Gasteiger partial charge >= 0.3 is 0 Å². The first-order valence-electron chi connectivity index (χ1n) is 7.62. The molecule has 2 nitrogen and oxygen atoms in total. The van der Waals surface area contributed by atoms with Crippen molar-refractivity contribution in [3.05, 3.63) is 46.4 Å². The molecule has 0 aliphatic rings. The van der Waals surface area contributed by atoms with Gasteiger partial charge in [-0.2, -0.15) is 0 Å². The van der Waals surface area contributed by atoms with Crippen LogP contribution in [0.2, 0.25) is 0 Å². The summed E-state index contributed by atoms with van der Waals surface area (Å²) in [5.74, 6) is 0.718. The van der Waals surface area contributed by atoms with Crippen molar-refractivity contribution in [1.82, 2.24) is 10.2 Å². The summed E-state index contributed by atoms with van der Waals surface area (Å²) >= 11 is 3.52. The Kier molecular flexibility index (Phi) is 6.22. The molecule has 0 unspecified atom stereocenters. The molecule has 114 valence electrons. The predicted molar refractivity (Wildman–Crippen MR) is 95.7 cm³/mol. The zero-order valence-electron chi connectivity index (χ0n) is 13.2. The third-order valence-electron chi connectivity index (χ3n) is 3.54. The fourth-order valence-corrected chi connectivity index (χ4v) is 2.79. The van der Waals surface area contributed by atoms with Crippen LogP contribution in [-0.4, -0.2) is 31.6 Å². The van der Waals surface area contributed by atoms with E-state index in [2.05, 4.69) is 83.4 Å². The Hall–Kier alpha value is -0.900. The maximum atomic E-state index is 3.52. The van der Waals surface area contributed by atoms with Crippen molar-refractivity contribution in [1.29, 1.82) is 0 Å². The predicted octanol–water partition coefficient (Wildman–Crippen LogP) is 4.28. The molecule has 0 atom stereocenters. The number of nitrogens with zero attached hydrogens (tertiary/aromatic N) is 1. The second-order valence-corrected chi connectivity index (χ2v) is 7.08. The molecule has 0 bridgehead atoms. The van der Waals surface area contributed by atoms with Crippen molar-refractivity contribution in [3.63, 3.8) is 0 Å². The molecule has 0 aliphatic carbocycles. The minimum Gasteiger partial charge on any atom is -0.315 e. The summed E-state index contributed by atoms with van der Waals surface area (Å²) in [4.78, 5) is 2.37. The highest BCUT2D eigenvalue weighted by atomic mass is 79.9. The third kappa shape index (κ3) is 5.42. The maximum absolute atomic E-state index is 3.52. The quantitative estimate of drug-likeness (QED) is 0.751. The number of likely N-dealkylation sites (N-methyl/N-ethyl adjacent to an activating group) is 1. The van der Waals surface area contributed by atoms with E-state index in [1.54, 1.807) is 0 Å². The van der Waals surface area contributed by atoms with Gasteiger partial charge in [0.15, 0.2) is 0 Å². The Morgan fingerprint density at radius 2 is 1.81 bits per heavy atom. The summed E-state index contributed by atoms with van der Waals surface area (Å²) in [5.41, 5.74) is 1.37. The second kappa shape index (κ2) is 7.92. The smallest absolute Gasteiger partial charge is 0.0231 e. The molecule has 3 heteroatoms. The molecular formula is C18H25BrN2. The van der Waals surface area contributed by atoms with Crippen molar-refractivity contribution < 1.29 is 0 Å². The summed E-state index contributed by atoms with van der Waals surface area (Å²) in [6.07, 6.45) is 0. The van der Waals surface area contributed by atoms with Gasteiger partial charge in [0.05, 0.1) is 0 Å². The number of nitrogens with one attached hydrogen (secondary N) is 1. The second-order valence-electron chi connectivity index (χ2n) is 6.16. The maximum Gasteiger partial charge on any atom is 0.0231 e. The Labute approximate surface area is 136 Å².